The van der Waals surface area contributed by atoms with Crippen LogP contribution in [-0.4, -0.2) is 58.8 Å². The zero-order valence-electron chi connectivity index (χ0n) is 20.5. The van der Waals surface area contributed by atoms with Gasteiger partial charge in [0.1, 0.15) is 23.6 Å². The van der Waals surface area contributed by atoms with Crippen LogP contribution in [0.3, 0.4) is 0 Å². The topological polar surface area (TPSA) is 97.9 Å². The third kappa shape index (κ3) is 5.41. The van der Waals surface area contributed by atoms with E-state index in [-0.39, 0.29) is 18.3 Å². The molecule has 0 aliphatic carbocycles. The van der Waals surface area contributed by atoms with Crippen molar-refractivity contribution in [1.29, 1.82) is 0 Å². The molecule has 0 saturated carbocycles. The van der Waals surface area contributed by atoms with Crippen LogP contribution in [0.2, 0.25) is 0 Å². The van der Waals surface area contributed by atoms with Gasteiger partial charge < -0.3 is 19.0 Å². The van der Waals surface area contributed by atoms with Crippen molar-refractivity contribution in [3.05, 3.63) is 60.7 Å². The molecule has 0 unspecified atom stereocenters. The van der Waals surface area contributed by atoms with E-state index in [2.05, 4.69) is 14.9 Å². The van der Waals surface area contributed by atoms with Gasteiger partial charge in [0.2, 0.25) is 11.6 Å². The number of ether oxygens (including phenoxy) is 2. The minimum absolute atomic E-state index is 0.132. The molecular weight excluding hydrogens is 477 g/mol. The molecule has 1 N–H and O–H groups in total. The Morgan fingerprint density at radius 2 is 2.03 bits per heavy atom. The van der Waals surface area contributed by atoms with E-state index in [1.54, 1.807) is 12.1 Å². The van der Waals surface area contributed by atoms with Crippen molar-refractivity contribution in [3.8, 4) is 34.1 Å². The Balaban J connectivity index is 1.53. The van der Waals surface area contributed by atoms with Crippen LogP contribution in [0.5, 0.6) is 11.6 Å². The number of aliphatic carboxylic acids is 1. The summed E-state index contributed by atoms with van der Waals surface area (Å²) in [6.07, 6.45) is 3.79. The molecule has 0 spiro atoms. The second-order valence-corrected chi connectivity index (χ2v) is 9.06. The smallest absolute Gasteiger partial charge is 0.303 e. The summed E-state index contributed by atoms with van der Waals surface area (Å²) in [7, 11) is 1.43. The summed E-state index contributed by atoms with van der Waals surface area (Å²) in [4.78, 5) is 21.9. The van der Waals surface area contributed by atoms with Gasteiger partial charge in [0.05, 0.1) is 7.11 Å². The molecule has 1 aliphatic rings. The zero-order chi connectivity index (χ0) is 25.8. The van der Waals surface area contributed by atoms with E-state index in [0.717, 1.165) is 24.9 Å². The van der Waals surface area contributed by atoms with Crippen LogP contribution >= 0.6 is 0 Å². The standard InChI is InChI=1S/C28H28FN3O5/c1-35-22-12-11-19(15-21(22)29)24-25-27(36-20-9-5-13-32(16-20)14-6-10-23(33)34)30-17-31-28(25)37-26(24)18-7-3-2-4-8-18/h2-4,7-8,11-12,15,17,20H,5-6,9-10,13-14,16H2,1H3,(H,33,34)/t20-/m1/s1. The molecule has 37 heavy (non-hydrogen) atoms. The summed E-state index contributed by atoms with van der Waals surface area (Å²) in [5.74, 6) is -0.207. The number of hydrogen-bond donors (Lipinski definition) is 1. The van der Waals surface area contributed by atoms with Gasteiger partial charge in [-0.1, -0.05) is 36.4 Å². The van der Waals surface area contributed by atoms with E-state index in [4.69, 9.17) is 19.0 Å². The summed E-state index contributed by atoms with van der Waals surface area (Å²) >= 11 is 0. The van der Waals surface area contributed by atoms with E-state index in [9.17, 15) is 9.18 Å². The number of hydrogen-bond acceptors (Lipinski definition) is 7. The Kier molecular flexibility index (Phi) is 7.32. The Hall–Kier alpha value is -3.98. The van der Waals surface area contributed by atoms with Crippen LogP contribution in [0.15, 0.2) is 59.3 Å². The maximum atomic E-state index is 14.8. The highest BCUT2D eigenvalue weighted by atomic mass is 19.1. The van der Waals surface area contributed by atoms with Crippen molar-refractivity contribution in [2.45, 2.75) is 31.8 Å². The number of likely N-dealkylation sites (tertiary alicyclic amines) is 1. The Bertz CT molecular complexity index is 1390. The molecule has 1 aliphatic heterocycles. The van der Waals surface area contributed by atoms with Gasteiger partial charge in [-0.3, -0.25) is 9.69 Å². The molecule has 0 bridgehead atoms. The molecule has 1 saturated heterocycles. The van der Waals surface area contributed by atoms with Crippen LogP contribution in [0, 0.1) is 5.82 Å². The van der Waals surface area contributed by atoms with E-state index in [1.807, 2.05) is 30.3 Å². The average Bonchev–Trinajstić information content (AvgIpc) is 3.30. The number of nitrogens with zero attached hydrogens (tertiary/aromatic N) is 3. The second kappa shape index (κ2) is 11.0. The van der Waals surface area contributed by atoms with E-state index < -0.39 is 11.8 Å². The molecule has 9 heteroatoms. The monoisotopic (exact) mass is 505 g/mol. The van der Waals surface area contributed by atoms with E-state index in [0.29, 0.717) is 53.4 Å². The number of halogens is 1. The molecule has 192 valence electrons. The Morgan fingerprint density at radius 3 is 2.78 bits per heavy atom. The lowest BCUT2D eigenvalue weighted by atomic mass is 9.99. The average molecular weight is 506 g/mol. The van der Waals surface area contributed by atoms with Crippen molar-refractivity contribution in [3.63, 3.8) is 0 Å². The molecule has 2 aromatic heterocycles. The first-order valence-corrected chi connectivity index (χ1v) is 12.3. The number of furan rings is 1. The summed E-state index contributed by atoms with van der Waals surface area (Å²) in [5, 5.41) is 9.52. The quantitative estimate of drug-likeness (QED) is 0.322. The maximum absolute atomic E-state index is 14.8. The number of piperidine rings is 1. The first-order valence-electron chi connectivity index (χ1n) is 12.3. The number of methoxy groups -OCH3 is 1. The van der Waals surface area contributed by atoms with Gasteiger partial charge in [-0.2, -0.15) is 0 Å². The lowest BCUT2D eigenvalue weighted by molar-refractivity contribution is -0.137. The second-order valence-electron chi connectivity index (χ2n) is 9.06. The van der Waals surface area contributed by atoms with E-state index >= 15 is 0 Å². The number of benzene rings is 2. The van der Waals surface area contributed by atoms with Crippen molar-refractivity contribution >= 4 is 17.1 Å². The Labute approximate surface area is 213 Å². The molecule has 0 radical (unpaired) electrons. The van der Waals surface area contributed by atoms with Gasteiger partial charge in [-0.15, -0.1) is 0 Å². The number of carbonyl (C=O) groups is 1. The molecule has 1 atom stereocenters. The highest BCUT2D eigenvalue weighted by Crippen LogP contribution is 2.44. The van der Waals surface area contributed by atoms with Crippen LogP contribution < -0.4 is 9.47 Å². The lowest BCUT2D eigenvalue weighted by Crippen LogP contribution is -2.41. The number of rotatable bonds is 9. The van der Waals surface area contributed by atoms with Gasteiger partial charge in [-0.25, -0.2) is 14.4 Å². The third-order valence-corrected chi connectivity index (χ3v) is 6.54. The molecule has 0 amide bonds. The lowest BCUT2D eigenvalue weighted by Gasteiger charge is -2.32. The summed E-state index contributed by atoms with van der Waals surface area (Å²) < 4.78 is 32.5. The first kappa shape index (κ1) is 24.7. The highest BCUT2D eigenvalue weighted by molar-refractivity contribution is 6.03. The predicted octanol–water partition coefficient (Wildman–Crippen LogP) is 5.41. The third-order valence-electron chi connectivity index (χ3n) is 6.54. The van der Waals surface area contributed by atoms with Crippen molar-refractivity contribution in [1.82, 2.24) is 14.9 Å². The van der Waals surface area contributed by atoms with Crippen molar-refractivity contribution in [2.24, 2.45) is 0 Å². The number of carboxylic acids is 1. The summed E-state index contributed by atoms with van der Waals surface area (Å²) in [5.41, 5.74) is 2.41. The molecule has 1 fully saturated rings. The van der Waals surface area contributed by atoms with Crippen LogP contribution in [0.1, 0.15) is 25.7 Å². The van der Waals surface area contributed by atoms with Gasteiger partial charge in [-0.05, 0) is 50.0 Å². The predicted molar refractivity (Wildman–Crippen MR) is 136 cm³/mol. The molecule has 2 aromatic carbocycles. The van der Waals surface area contributed by atoms with Gasteiger partial charge in [0.15, 0.2) is 11.6 Å². The minimum Gasteiger partial charge on any atom is -0.494 e. The first-order chi connectivity index (χ1) is 18.0. The Morgan fingerprint density at radius 1 is 1.19 bits per heavy atom. The SMILES string of the molecule is COc1ccc(-c2c(-c3ccccc3)oc3ncnc(O[C@@H]4CCCN(CCCC(=O)O)C4)c23)cc1F. The van der Waals surface area contributed by atoms with Crippen molar-refractivity contribution in [2.75, 3.05) is 26.7 Å². The van der Waals surface area contributed by atoms with Crippen molar-refractivity contribution < 1.29 is 28.2 Å². The van der Waals surface area contributed by atoms with Crippen LogP contribution in [0.4, 0.5) is 4.39 Å². The molecule has 8 nitrogen and oxygen atoms in total. The van der Waals surface area contributed by atoms with Gasteiger partial charge in [0.25, 0.3) is 0 Å². The zero-order valence-corrected chi connectivity index (χ0v) is 20.5. The highest BCUT2D eigenvalue weighted by Gasteiger charge is 2.27. The molecule has 3 heterocycles. The molecule has 4 aromatic rings. The largest absolute Gasteiger partial charge is 0.494 e. The summed E-state index contributed by atoms with van der Waals surface area (Å²) in [6, 6.07) is 14.3. The van der Waals surface area contributed by atoms with E-state index in [1.165, 1.54) is 19.5 Å². The van der Waals surface area contributed by atoms with Gasteiger partial charge >= 0.3 is 5.97 Å². The normalized spacial score (nSPS) is 16.1. The maximum Gasteiger partial charge on any atom is 0.303 e. The number of fused-ring (bicyclic) bond motifs is 1. The van der Waals surface area contributed by atoms with Crippen LogP contribution in [-0.2, 0) is 4.79 Å². The fourth-order valence-electron chi connectivity index (χ4n) is 4.81. The summed E-state index contributed by atoms with van der Waals surface area (Å²) in [6.45, 7) is 2.27. The van der Waals surface area contributed by atoms with Gasteiger partial charge in [0, 0.05) is 24.1 Å². The minimum atomic E-state index is -0.787. The van der Waals surface area contributed by atoms with Crippen LogP contribution in [0.25, 0.3) is 33.6 Å². The number of aromatic nitrogens is 2. The fraction of sp³-hybridized carbons (Fsp3) is 0.321. The fourth-order valence-corrected chi connectivity index (χ4v) is 4.81. The number of carboxylic acid groups (broad SMARTS) is 1. The molecule has 5 rings (SSSR count). The molecular formula is C28H28FN3O5.